The minimum Gasteiger partial charge on any atom is -0.366 e. The zero-order chi connectivity index (χ0) is 31.3. The second-order valence-electron chi connectivity index (χ2n) is 12.2. The van der Waals surface area contributed by atoms with Gasteiger partial charge in [0.1, 0.15) is 24.7 Å². The maximum Gasteiger partial charge on any atom is 0.471 e. The molecule has 0 unspecified atom stereocenters. The molecule has 1 saturated carbocycles. The Morgan fingerprint density at radius 2 is 1.76 bits per heavy atom. The Hall–Kier alpha value is -3.09. The number of nitrogens with one attached hydrogen (secondary N) is 3. The summed E-state index contributed by atoms with van der Waals surface area (Å²) in [5, 5.41) is 16.4. The highest BCUT2D eigenvalue weighted by Crippen LogP contribution is 2.65. The lowest BCUT2D eigenvalue weighted by atomic mass is 9.91. The predicted octanol–water partition coefficient (Wildman–Crippen LogP) is 1.80. The van der Waals surface area contributed by atoms with Crippen molar-refractivity contribution in [2.45, 2.75) is 89.6 Å². The number of hydrogen-bond acceptors (Lipinski definition) is 6. The van der Waals surface area contributed by atoms with Crippen LogP contribution in [0.4, 0.5) is 26.3 Å². The molecule has 0 spiro atoms. The van der Waals surface area contributed by atoms with E-state index in [0.717, 1.165) is 11.8 Å². The van der Waals surface area contributed by atoms with Crippen LogP contribution < -0.4 is 16.0 Å². The Bertz CT molecular complexity index is 1120. The van der Waals surface area contributed by atoms with Crippen LogP contribution in [0.5, 0.6) is 0 Å². The average molecular weight is 598 g/mol. The smallest absolute Gasteiger partial charge is 0.366 e. The van der Waals surface area contributed by atoms with Gasteiger partial charge in [0.25, 0.3) is 0 Å². The van der Waals surface area contributed by atoms with Crippen LogP contribution in [-0.2, 0) is 23.9 Å². The van der Waals surface area contributed by atoms with Crippen molar-refractivity contribution in [2.24, 2.45) is 23.2 Å². The first-order valence-corrected chi connectivity index (χ1v) is 13.0. The standard InChI is InChI=1S/C25H33F6N5O5/c1-11(41-10-24(26,27)28)16(34-21(40)25(29,30)31)20(39)36-9-14-15(23(14,4)5)17(36)19(38)33-13(8-32)6-12-7-22(2,3)35-18(12)37/h11-17H,6-7,9-10H2,1-5H3,(H,33,38)(H,34,40)(H,35,37)/t11-,12-,13+,14+,15+,16+,17+/m1/s1. The number of amides is 4. The number of halogens is 6. The molecule has 230 valence electrons. The lowest BCUT2D eigenvalue weighted by Crippen LogP contribution is -2.61. The fraction of sp³-hybridized carbons (Fsp3) is 0.800. The van der Waals surface area contributed by atoms with Gasteiger partial charge in [-0.2, -0.15) is 31.6 Å². The first-order valence-electron chi connectivity index (χ1n) is 13.0. The van der Waals surface area contributed by atoms with Crippen molar-refractivity contribution in [1.29, 1.82) is 5.26 Å². The Kier molecular flexibility index (Phi) is 8.66. The van der Waals surface area contributed by atoms with E-state index in [2.05, 4.69) is 15.4 Å². The Balaban J connectivity index is 1.82. The highest BCUT2D eigenvalue weighted by Gasteiger charge is 2.70. The SMILES string of the molecule is C[C@@H](OCC(F)(F)F)[C@H](NC(=O)C(F)(F)F)C(=O)N1C[C@H]2[C@@H]([C@H]1C(=O)N[C@H](C#N)C[C@@H]1CC(C)(C)NC1=O)C2(C)C. The molecule has 0 bridgehead atoms. The zero-order valence-electron chi connectivity index (χ0n) is 23.1. The fourth-order valence-electron chi connectivity index (χ4n) is 5.99. The van der Waals surface area contributed by atoms with Crippen molar-refractivity contribution in [3.63, 3.8) is 0 Å². The van der Waals surface area contributed by atoms with Crippen LogP contribution in [0.15, 0.2) is 0 Å². The molecule has 2 heterocycles. The molecule has 2 aliphatic heterocycles. The highest BCUT2D eigenvalue weighted by molar-refractivity contribution is 5.95. The predicted molar refractivity (Wildman–Crippen MR) is 128 cm³/mol. The van der Waals surface area contributed by atoms with E-state index in [9.17, 15) is 50.8 Å². The minimum absolute atomic E-state index is 0.0256. The lowest BCUT2D eigenvalue weighted by molar-refractivity contribution is -0.191. The van der Waals surface area contributed by atoms with Gasteiger partial charge in [0.05, 0.1) is 12.2 Å². The maximum absolute atomic E-state index is 13.5. The molecule has 10 nitrogen and oxygen atoms in total. The summed E-state index contributed by atoms with van der Waals surface area (Å²) in [6.07, 6.45) is -11.8. The van der Waals surface area contributed by atoms with Crippen LogP contribution in [0.2, 0.25) is 0 Å². The van der Waals surface area contributed by atoms with Gasteiger partial charge in [-0.3, -0.25) is 19.2 Å². The van der Waals surface area contributed by atoms with E-state index in [4.69, 9.17) is 0 Å². The Morgan fingerprint density at radius 1 is 1.15 bits per heavy atom. The van der Waals surface area contributed by atoms with Gasteiger partial charge < -0.3 is 25.6 Å². The van der Waals surface area contributed by atoms with Crippen LogP contribution in [0.1, 0.15) is 47.5 Å². The third-order valence-corrected chi connectivity index (χ3v) is 8.13. The molecule has 0 aromatic carbocycles. The number of alkyl halides is 6. The molecule has 7 atom stereocenters. The van der Waals surface area contributed by atoms with E-state index < -0.39 is 83.7 Å². The molecule has 41 heavy (non-hydrogen) atoms. The zero-order valence-corrected chi connectivity index (χ0v) is 23.1. The van der Waals surface area contributed by atoms with Crippen LogP contribution in [-0.4, -0.2) is 83.8 Å². The van der Waals surface area contributed by atoms with E-state index in [1.165, 1.54) is 5.32 Å². The van der Waals surface area contributed by atoms with Crippen molar-refractivity contribution in [2.75, 3.05) is 13.2 Å². The molecule has 0 aromatic rings. The summed E-state index contributed by atoms with van der Waals surface area (Å²) in [7, 11) is 0. The van der Waals surface area contributed by atoms with Gasteiger partial charge in [-0.05, 0) is 50.9 Å². The van der Waals surface area contributed by atoms with Gasteiger partial charge in [-0.1, -0.05) is 13.8 Å². The number of carbonyl (C=O) groups is 4. The molecule has 4 amide bonds. The summed E-state index contributed by atoms with van der Waals surface area (Å²) < 4.78 is 81.8. The monoisotopic (exact) mass is 597 g/mol. The molecule has 3 rings (SSSR count). The topological polar surface area (TPSA) is 141 Å². The van der Waals surface area contributed by atoms with Crippen LogP contribution in [0.25, 0.3) is 0 Å². The first kappa shape index (κ1) is 32.4. The van der Waals surface area contributed by atoms with Gasteiger partial charge in [0, 0.05) is 18.0 Å². The minimum atomic E-state index is -5.45. The summed E-state index contributed by atoms with van der Waals surface area (Å²) in [6, 6.07) is -2.70. The van der Waals surface area contributed by atoms with Gasteiger partial charge >= 0.3 is 18.3 Å². The molecule has 3 fully saturated rings. The van der Waals surface area contributed by atoms with Crippen molar-refractivity contribution < 1.29 is 50.3 Å². The Labute approximate surface area is 232 Å². The number of likely N-dealkylation sites (tertiary alicyclic amines) is 1. The van der Waals surface area contributed by atoms with Crippen molar-refractivity contribution in [3.05, 3.63) is 0 Å². The first-order chi connectivity index (χ1) is 18.6. The van der Waals surface area contributed by atoms with Crippen molar-refractivity contribution >= 4 is 23.6 Å². The summed E-state index contributed by atoms with van der Waals surface area (Å²) in [6.45, 7) is 6.13. The molecule has 0 aromatic heterocycles. The highest BCUT2D eigenvalue weighted by atomic mass is 19.4. The number of hydrogen-bond donors (Lipinski definition) is 3. The largest absolute Gasteiger partial charge is 0.471 e. The fourth-order valence-corrected chi connectivity index (χ4v) is 5.99. The molecular weight excluding hydrogens is 564 g/mol. The maximum atomic E-state index is 13.5. The van der Waals surface area contributed by atoms with Gasteiger partial charge in [-0.25, -0.2) is 0 Å². The van der Waals surface area contributed by atoms with E-state index >= 15 is 0 Å². The second-order valence-corrected chi connectivity index (χ2v) is 12.2. The van der Waals surface area contributed by atoms with E-state index in [1.807, 2.05) is 19.9 Å². The number of nitrogens with zero attached hydrogens (tertiary/aromatic N) is 2. The van der Waals surface area contributed by atoms with Crippen LogP contribution >= 0.6 is 0 Å². The number of fused-ring (bicyclic) bond motifs is 1. The van der Waals surface area contributed by atoms with Crippen molar-refractivity contribution in [3.8, 4) is 6.07 Å². The van der Waals surface area contributed by atoms with Gasteiger partial charge in [-0.15, -0.1) is 0 Å². The third kappa shape index (κ3) is 7.22. The van der Waals surface area contributed by atoms with Crippen LogP contribution in [0.3, 0.4) is 0 Å². The average Bonchev–Trinajstić information content (AvgIpc) is 3.12. The molecule has 0 radical (unpaired) electrons. The summed E-state index contributed by atoms with van der Waals surface area (Å²) in [5.74, 6) is -6.20. The van der Waals surface area contributed by atoms with E-state index in [1.54, 1.807) is 13.8 Å². The molecule has 16 heteroatoms. The van der Waals surface area contributed by atoms with E-state index in [-0.39, 0.29) is 24.8 Å². The molecule has 3 aliphatic rings. The molecular formula is C25H33F6N5O5. The summed E-state index contributed by atoms with van der Waals surface area (Å²) in [4.78, 5) is 51.9. The van der Waals surface area contributed by atoms with Crippen LogP contribution in [0, 0.1) is 34.5 Å². The lowest BCUT2D eigenvalue weighted by Gasteiger charge is -2.35. The quantitative estimate of drug-likeness (QED) is 0.347. The number of rotatable bonds is 9. The summed E-state index contributed by atoms with van der Waals surface area (Å²) >= 11 is 0. The van der Waals surface area contributed by atoms with Gasteiger partial charge in [0.2, 0.25) is 17.7 Å². The Morgan fingerprint density at radius 3 is 2.24 bits per heavy atom. The number of nitriles is 1. The number of carbonyl (C=O) groups excluding carboxylic acids is 4. The molecule has 1 aliphatic carbocycles. The third-order valence-electron chi connectivity index (χ3n) is 8.13. The van der Waals surface area contributed by atoms with Crippen molar-refractivity contribution in [1.82, 2.24) is 20.9 Å². The second kappa shape index (κ2) is 11.0. The molecule has 3 N–H and O–H groups in total. The summed E-state index contributed by atoms with van der Waals surface area (Å²) in [5.41, 5.74) is -0.966. The van der Waals surface area contributed by atoms with Gasteiger partial charge in [0.15, 0.2) is 0 Å². The number of ether oxygens (including phenoxy) is 1. The van der Waals surface area contributed by atoms with E-state index in [0.29, 0.717) is 6.42 Å². The number of piperidine rings is 1. The molecule has 2 saturated heterocycles. The normalized spacial score (nSPS) is 28.5.